The summed E-state index contributed by atoms with van der Waals surface area (Å²) >= 11 is 1.16. The van der Waals surface area contributed by atoms with E-state index in [1.165, 1.54) is 14.2 Å². The molecular formula is C15H15N3O3S. The van der Waals surface area contributed by atoms with E-state index in [4.69, 9.17) is 20.5 Å². The Morgan fingerprint density at radius 2 is 2.00 bits per heavy atom. The number of ketones is 1. The van der Waals surface area contributed by atoms with Gasteiger partial charge in [0.15, 0.2) is 11.5 Å². The second-order valence-corrected chi connectivity index (χ2v) is 5.33. The van der Waals surface area contributed by atoms with Gasteiger partial charge < -0.3 is 20.5 Å². The Morgan fingerprint density at radius 1 is 1.32 bits per heavy atom. The Bertz CT molecular complexity index is 762. The first kappa shape index (κ1) is 15.7. The average molecular weight is 317 g/mol. The van der Waals surface area contributed by atoms with Crippen molar-refractivity contribution in [2.75, 3.05) is 32.3 Å². The SMILES string of the molecule is CNc1sc(C(=O)c2ccc(OC)c(OC)c2)c(N)c1C#N. The predicted octanol–water partition coefficient (Wildman–Crippen LogP) is 2.49. The van der Waals surface area contributed by atoms with Crippen LogP contribution in [-0.4, -0.2) is 27.1 Å². The number of carbonyl (C=O) groups excluding carboxylic acids is 1. The molecule has 0 saturated carbocycles. The third kappa shape index (κ3) is 2.56. The molecule has 0 bridgehead atoms. The van der Waals surface area contributed by atoms with Crippen LogP contribution in [0.5, 0.6) is 11.5 Å². The van der Waals surface area contributed by atoms with Crippen molar-refractivity contribution in [2.24, 2.45) is 0 Å². The Balaban J connectivity index is 2.49. The number of ether oxygens (including phenoxy) is 2. The lowest BCUT2D eigenvalue weighted by atomic mass is 10.1. The number of nitrogens with zero attached hydrogens (tertiary/aromatic N) is 1. The fraction of sp³-hybridized carbons (Fsp3) is 0.200. The molecule has 1 heterocycles. The molecule has 0 spiro atoms. The van der Waals surface area contributed by atoms with E-state index in [0.717, 1.165) is 11.3 Å². The van der Waals surface area contributed by atoms with Crippen molar-refractivity contribution in [3.8, 4) is 17.6 Å². The number of benzene rings is 1. The zero-order valence-corrected chi connectivity index (χ0v) is 13.2. The first-order valence-corrected chi connectivity index (χ1v) is 7.15. The minimum atomic E-state index is -0.263. The molecule has 3 N–H and O–H groups in total. The highest BCUT2D eigenvalue weighted by Gasteiger charge is 2.22. The number of nitrogen functional groups attached to an aromatic ring is 1. The molecule has 2 rings (SSSR count). The molecule has 6 nitrogen and oxygen atoms in total. The lowest BCUT2D eigenvalue weighted by molar-refractivity contribution is 0.104. The van der Waals surface area contributed by atoms with Crippen molar-refractivity contribution in [2.45, 2.75) is 0 Å². The fourth-order valence-electron chi connectivity index (χ4n) is 2.01. The fourth-order valence-corrected chi connectivity index (χ4v) is 2.99. The molecule has 0 fully saturated rings. The van der Waals surface area contributed by atoms with Crippen LogP contribution in [-0.2, 0) is 0 Å². The van der Waals surface area contributed by atoms with Gasteiger partial charge in [0.05, 0.1) is 19.9 Å². The Labute approximate surface area is 132 Å². The second-order valence-electron chi connectivity index (χ2n) is 4.31. The van der Waals surface area contributed by atoms with Gasteiger partial charge in [0.25, 0.3) is 0 Å². The Kier molecular flexibility index (Phi) is 4.53. The molecule has 2 aromatic rings. The van der Waals surface area contributed by atoms with Crippen molar-refractivity contribution in [3.05, 3.63) is 34.2 Å². The lowest BCUT2D eigenvalue weighted by Crippen LogP contribution is -2.03. The van der Waals surface area contributed by atoms with E-state index < -0.39 is 0 Å². The van der Waals surface area contributed by atoms with Crippen molar-refractivity contribution in [3.63, 3.8) is 0 Å². The molecule has 1 aromatic carbocycles. The largest absolute Gasteiger partial charge is 0.493 e. The van der Waals surface area contributed by atoms with Crippen molar-refractivity contribution in [1.82, 2.24) is 0 Å². The molecule has 0 aliphatic rings. The van der Waals surface area contributed by atoms with E-state index in [9.17, 15) is 4.79 Å². The maximum atomic E-state index is 12.6. The van der Waals surface area contributed by atoms with Gasteiger partial charge in [-0.2, -0.15) is 5.26 Å². The summed E-state index contributed by atoms with van der Waals surface area (Å²) in [4.78, 5) is 13.0. The molecule has 114 valence electrons. The molecule has 0 aliphatic carbocycles. The summed E-state index contributed by atoms with van der Waals surface area (Å²) in [6.07, 6.45) is 0. The summed E-state index contributed by atoms with van der Waals surface area (Å²) in [5.41, 5.74) is 6.82. The first-order valence-electron chi connectivity index (χ1n) is 6.34. The number of carbonyl (C=O) groups is 1. The highest BCUT2D eigenvalue weighted by Crippen LogP contribution is 2.37. The van der Waals surface area contributed by atoms with Crippen LogP contribution in [0.1, 0.15) is 20.8 Å². The molecule has 7 heteroatoms. The molecule has 0 radical (unpaired) electrons. The topological polar surface area (TPSA) is 97.4 Å². The van der Waals surface area contributed by atoms with Crippen LogP contribution in [0.4, 0.5) is 10.7 Å². The maximum absolute atomic E-state index is 12.6. The third-order valence-corrected chi connectivity index (χ3v) is 4.36. The standard InChI is InChI=1S/C15H15N3O3S/c1-18-15-9(7-16)12(17)14(22-15)13(19)8-4-5-10(20-2)11(6-8)21-3/h4-6,18H,17H2,1-3H3. The van der Waals surface area contributed by atoms with Crippen LogP contribution < -0.4 is 20.5 Å². The van der Waals surface area contributed by atoms with E-state index >= 15 is 0 Å². The molecule has 0 amide bonds. The van der Waals surface area contributed by atoms with Gasteiger partial charge in [-0.3, -0.25) is 4.79 Å². The van der Waals surface area contributed by atoms with Crippen LogP contribution in [0.2, 0.25) is 0 Å². The summed E-state index contributed by atoms with van der Waals surface area (Å²) in [5.74, 6) is 0.728. The molecule has 0 aliphatic heterocycles. The molecule has 0 atom stereocenters. The van der Waals surface area contributed by atoms with E-state index in [0.29, 0.717) is 26.9 Å². The van der Waals surface area contributed by atoms with Gasteiger partial charge in [0.2, 0.25) is 5.78 Å². The van der Waals surface area contributed by atoms with Crippen LogP contribution in [0.25, 0.3) is 0 Å². The number of hydrogen-bond donors (Lipinski definition) is 2. The van der Waals surface area contributed by atoms with Crippen molar-refractivity contribution >= 4 is 27.8 Å². The third-order valence-electron chi connectivity index (χ3n) is 3.14. The number of methoxy groups -OCH3 is 2. The molecule has 0 saturated heterocycles. The van der Waals surface area contributed by atoms with E-state index in [-0.39, 0.29) is 17.0 Å². The molecule has 1 aromatic heterocycles. The van der Waals surface area contributed by atoms with Gasteiger partial charge in [0.1, 0.15) is 21.5 Å². The zero-order chi connectivity index (χ0) is 16.3. The monoisotopic (exact) mass is 317 g/mol. The number of nitriles is 1. The zero-order valence-electron chi connectivity index (χ0n) is 12.4. The maximum Gasteiger partial charge on any atom is 0.205 e. The molecule has 22 heavy (non-hydrogen) atoms. The Morgan fingerprint density at radius 3 is 2.50 bits per heavy atom. The van der Waals surface area contributed by atoms with Gasteiger partial charge in [-0.25, -0.2) is 0 Å². The first-order chi connectivity index (χ1) is 10.6. The number of nitrogens with two attached hydrogens (primary N) is 1. The van der Waals surface area contributed by atoms with E-state index in [1.54, 1.807) is 25.2 Å². The second kappa shape index (κ2) is 6.37. The van der Waals surface area contributed by atoms with Gasteiger partial charge in [0, 0.05) is 12.6 Å². The summed E-state index contributed by atoms with van der Waals surface area (Å²) < 4.78 is 10.3. The highest BCUT2D eigenvalue weighted by atomic mass is 32.1. The number of nitrogens with one attached hydrogen (secondary N) is 1. The number of hydrogen-bond acceptors (Lipinski definition) is 7. The smallest absolute Gasteiger partial charge is 0.205 e. The van der Waals surface area contributed by atoms with Crippen LogP contribution >= 0.6 is 11.3 Å². The van der Waals surface area contributed by atoms with Gasteiger partial charge >= 0.3 is 0 Å². The molecule has 0 unspecified atom stereocenters. The highest BCUT2D eigenvalue weighted by molar-refractivity contribution is 7.19. The summed E-state index contributed by atoms with van der Waals surface area (Å²) in [6.45, 7) is 0. The van der Waals surface area contributed by atoms with Crippen LogP contribution in [0.3, 0.4) is 0 Å². The summed E-state index contributed by atoms with van der Waals surface area (Å²) in [7, 11) is 4.70. The van der Waals surface area contributed by atoms with E-state index in [1.807, 2.05) is 6.07 Å². The number of anilines is 2. The lowest BCUT2D eigenvalue weighted by Gasteiger charge is -2.08. The number of thiophene rings is 1. The van der Waals surface area contributed by atoms with Gasteiger partial charge in [-0.1, -0.05) is 0 Å². The predicted molar refractivity (Wildman–Crippen MR) is 86.0 cm³/mol. The van der Waals surface area contributed by atoms with E-state index in [2.05, 4.69) is 5.32 Å². The van der Waals surface area contributed by atoms with Crippen LogP contribution in [0.15, 0.2) is 18.2 Å². The van der Waals surface area contributed by atoms with Gasteiger partial charge in [-0.05, 0) is 18.2 Å². The molecular weight excluding hydrogens is 302 g/mol. The van der Waals surface area contributed by atoms with Crippen molar-refractivity contribution in [1.29, 1.82) is 5.26 Å². The van der Waals surface area contributed by atoms with Crippen molar-refractivity contribution < 1.29 is 14.3 Å². The normalized spacial score (nSPS) is 9.91. The minimum absolute atomic E-state index is 0.191. The number of rotatable bonds is 5. The minimum Gasteiger partial charge on any atom is -0.493 e. The summed E-state index contributed by atoms with van der Waals surface area (Å²) in [5, 5.41) is 12.6. The Hall–Kier alpha value is -2.72. The summed E-state index contributed by atoms with van der Waals surface area (Å²) in [6, 6.07) is 6.88. The van der Waals surface area contributed by atoms with Gasteiger partial charge in [-0.15, -0.1) is 11.3 Å². The average Bonchev–Trinajstić information content (AvgIpc) is 2.89. The quantitative estimate of drug-likeness (QED) is 0.822. The van der Waals surface area contributed by atoms with Crippen LogP contribution in [0, 0.1) is 11.3 Å².